The number of carbonyl (C=O) groups excluding carboxylic acids is 2. The highest BCUT2D eigenvalue weighted by Crippen LogP contribution is 2.30. The Balaban J connectivity index is 1.47. The van der Waals surface area contributed by atoms with Crippen molar-refractivity contribution in [2.24, 2.45) is 16.6 Å². The van der Waals surface area contributed by atoms with Crippen LogP contribution >= 0.6 is 0 Å². The van der Waals surface area contributed by atoms with Crippen molar-refractivity contribution in [3.8, 4) is 5.75 Å². The minimum atomic E-state index is -0.579. The molecule has 0 saturated heterocycles. The molecule has 0 radical (unpaired) electrons. The third-order valence-corrected chi connectivity index (χ3v) is 4.91. The van der Waals surface area contributed by atoms with E-state index in [1.54, 1.807) is 19.2 Å². The molecular formula is C23H29N5O3. The van der Waals surface area contributed by atoms with Crippen LogP contribution < -0.4 is 26.4 Å². The highest BCUT2D eigenvalue weighted by molar-refractivity contribution is 5.96. The molecule has 8 heteroatoms. The van der Waals surface area contributed by atoms with Gasteiger partial charge in [-0.05, 0) is 42.5 Å². The number of carbonyl (C=O) groups is 2. The number of rotatable bonds is 10. The fraction of sp³-hybridized carbons (Fsp3) is 0.348. The maximum absolute atomic E-state index is 11.9. The Morgan fingerprint density at radius 1 is 1.03 bits per heavy atom. The standard InChI is InChI=1S/C23H29N5O3/c1-25-23(28-13-19-4-2-3-5-20(19)31-15-17-6-7-17)27-12-16-8-10-18(11-9-16)22(30)26-14-21(24)29/h2-5,8-11,17H,6-7,12-15H2,1H3,(H2,24,29)(H,26,30)(H2,25,27,28). The van der Waals surface area contributed by atoms with Gasteiger partial charge in [-0.3, -0.25) is 14.6 Å². The van der Waals surface area contributed by atoms with Crippen molar-refractivity contribution in [3.63, 3.8) is 0 Å². The van der Waals surface area contributed by atoms with Gasteiger partial charge in [0.05, 0.1) is 13.2 Å². The molecule has 0 unspecified atom stereocenters. The van der Waals surface area contributed by atoms with E-state index in [4.69, 9.17) is 10.5 Å². The summed E-state index contributed by atoms with van der Waals surface area (Å²) < 4.78 is 5.96. The first kappa shape index (κ1) is 22.1. The van der Waals surface area contributed by atoms with Crippen LogP contribution in [-0.4, -0.2) is 38.0 Å². The van der Waals surface area contributed by atoms with Gasteiger partial charge in [-0.15, -0.1) is 0 Å². The van der Waals surface area contributed by atoms with Crippen molar-refractivity contribution in [1.82, 2.24) is 16.0 Å². The van der Waals surface area contributed by atoms with E-state index in [9.17, 15) is 9.59 Å². The third kappa shape index (κ3) is 7.33. The monoisotopic (exact) mass is 423 g/mol. The zero-order valence-electron chi connectivity index (χ0n) is 17.7. The molecule has 3 rings (SSSR count). The Labute approximate surface area is 182 Å². The van der Waals surface area contributed by atoms with E-state index in [1.807, 2.05) is 36.4 Å². The molecule has 2 amide bonds. The Morgan fingerprint density at radius 3 is 2.42 bits per heavy atom. The molecule has 0 spiro atoms. The van der Waals surface area contributed by atoms with E-state index in [2.05, 4.69) is 20.9 Å². The fourth-order valence-corrected chi connectivity index (χ4v) is 2.91. The van der Waals surface area contributed by atoms with Crippen LogP contribution in [0.5, 0.6) is 5.75 Å². The number of guanidine groups is 1. The highest BCUT2D eigenvalue weighted by atomic mass is 16.5. The lowest BCUT2D eigenvalue weighted by atomic mass is 10.1. The second-order valence-corrected chi connectivity index (χ2v) is 7.49. The number of nitrogens with two attached hydrogens (primary N) is 1. The summed E-state index contributed by atoms with van der Waals surface area (Å²) in [4.78, 5) is 27.0. The summed E-state index contributed by atoms with van der Waals surface area (Å²) in [6, 6.07) is 15.1. The van der Waals surface area contributed by atoms with E-state index in [-0.39, 0.29) is 12.5 Å². The first-order chi connectivity index (χ1) is 15.0. The van der Waals surface area contributed by atoms with Gasteiger partial charge in [0, 0.05) is 31.3 Å². The van der Waals surface area contributed by atoms with Crippen molar-refractivity contribution in [2.75, 3.05) is 20.2 Å². The number of nitrogens with zero attached hydrogens (tertiary/aromatic N) is 1. The van der Waals surface area contributed by atoms with Crippen LogP contribution in [0, 0.1) is 5.92 Å². The molecule has 0 aromatic heterocycles. The summed E-state index contributed by atoms with van der Waals surface area (Å²) in [5, 5.41) is 9.03. The normalized spacial score (nSPS) is 13.4. The first-order valence-corrected chi connectivity index (χ1v) is 10.4. The number of primary amides is 1. The van der Waals surface area contributed by atoms with E-state index >= 15 is 0 Å². The smallest absolute Gasteiger partial charge is 0.251 e. The van der Waals surface area contributed by atoms with Gasteiger partial charge in [0.2, 0.25) is 5.91 Å². The molecule has 1 fully saturated rings. The third-order valence-electron chi connectivity index (χ3n) is 4.91. The Kier molecular flexibility index (Phi) is 7.86. The summed E-state index contributed by atoms with van der Waals surface area (Å²) in [7, 11) is 1.72. The quantitative estimate of drug-likeness (QED) is 0.342. The molecule has 2 aromatic carbocycles. The molecule has 164 valence electrons. The molecular weight excluding hydrogens is 394 g/mol. The van der Waals surface area contributed by atoms with Gasteiger partial charge in [0.15, 0.2) is 5.96 Å². The van der Waals surface area contributed by atoms with Crippen molar-refractivity contribution in [2.45, 2.75) is 25.9 Å². The summed E-state index contributed by atoms with van der Waals surface area (Å²) >= 11 is 0. The molecule has 2 aromatic rings. The molecule has 1 aliphatic rings. The van der Waals surface area contributed by atoms with E-state index in [1.165, 1.54) is 12.8 Å². The summed E-state index contributed by atoms with van der Waals surface area (Å²) in [5.74, 6) is 1.36. The van der Waals surface area contributed by atoms with Gasteiger partial charge in [-0.1, -0.05) is 30.3 Å². The maximum Gasteiger partial charge on any atom is 0.251 e. The van der Waals surface area contributed by atoms with Gasteiger partial charge in [-0.2, -0.15) is 0 Å². The largest absolute Gasteiger partial charge is 0.493 e. The summed E-state index contributed by atoms with van der Waals surface area (Å²) in [6.07, 6.45) is 2.52. The second kappa shape index (κ2) is 11.0. The summed E-state index contributed by atoms with van der Waals surface area (Å²) in [5.41, 5.74) is 7.57. The van der Waals surface area contributed by atoms with Crippen LogP contribution in [-0.2, 0) is 17.9 Å². The molecule has 0 heterocycles. The van der Waals surface area contributed by atoms with Crippen molar-refractivity contribution in [3.05, 3.63) is 65.2 Å². The molecule has 0 bridgehead atoms. The SMILES string of the molecule is CN=C(NCc1ccc(C(=O)NCC(N)=O)cc1)NCc1ccccc1OCC1CC1. The number of hydrogen-bond donors (Lipinski definition) is 4. The molecule has 5 N–H and O–H groups in total. The number of amides is 2. The predicted octanol–water partition coefficient (Wildman–Crippen LogP) is 1.56. The number of aliphatic imine (C=N–C) groups is 1. The minimum Gasteiger partial charge on any atom is -0.493 e. The van der Waals surface area contributed by atoms with Crippen LogP contribution in [0.25, 0.3) is 0 Å². The Bertz CT molecular complexity index is 923. The van der Waals surface area contributed by atoms with Gasteiger partial charge in [-0.25, -0.2) is 0 Å². The number of hydrogen-bond acceptors (Lipinski definition) is 4. The molecule has 0 aliphatic heterocycles. The lowest BCUT2D eigenvalue weighted by Gasteiger charge is -2.15. The van der Waals surface area contributed by atoms with Crippen molar-refractivity contribution < 1.29 is 14.3 Å². The van der Waals surface area contributed by atoms with Crippen LogP contribution in [0.2, 0.25) is 0 Å². The van der Waals surface area contributed by atoms with Gasteiger partial charge >= 0.3 is 0 Å². The van der Waals surface area contributed by atoms with Crippen LogP contribution in [0.1, 0.15) is 34.3 Å². The summed E-state index contributed by atoms with van der Waals surface area (Å²) in [6.45, 7) is 1.74. The van der Waals surface area contributed by atoms with Gasteiger partial charge < -0.3 is 26.4 Å². The molecule has 1 aliphatic carbocycles. The van der Waals surface area contributed by atoms with Crippen molar-refractivity contribution in [1.29, 1.82) is 0 Å². The molecule has 1 saturated carbocycles. The van der Waals surface area contributed by atoms with Crippen molar-refractivity contribution >= 4 is 17.8 Å². The zero-order valence-corrected chi connectivity index (χ0v) is 17.7. The molecule has 31 heavy (non-hydrogen) atoms. The number of nitrogens with one attached hydrogen (secondary N) is 3. The fourth-order valence-electron chi connectivity index (χ4n) is 2.91. The first-order valence-electron chi connectivity index (χ1n) is 10.4. The average Bonchev–Trinajstić information content (AvgIpc) is 3.61. The number of benzene rings is 2. The van der Waals surface area contributed by atoms with Crippen LogP contribution in [0.4, 0.5) is 0 Å². The zero-order chi connectivity index (χ0) is 22.1. The van der Waals surface area contributed by atoms with Crippen LogP contribution in [0.3, 0.4) is 0 Å². The van der Waals surface area contributed by atoms with E-state index in [0.29, 0.717) is 30.5 Å². The lowest BCUT2D eigenvalue weighted by Crippen LogP contribution is -2.36. The highest BCUT2D eigenvalue weighted by Gasteiger charge is 2.22. The lowest BCUT2D eigenvalue weighted by molar-refractivity contribution is -0.117. The molecule has 8 nitrogen and oxygen atoms in total. The average molecular weight is 424 g/mol. The van der Waals surface area contributed by atoms with E-state index < -0.39 is 5.91 Å². The maximum atomic E-state index is 11.9. The minimum absolute atomic E-state index is 0.182. The van der Waals surface area contributed by atoms with Gasteiger partial charge in [0.1, 0.15) is 5.75 Å². The topological polar surface area (TPSA) is 118 Å². The predicted molar refractivity (Wildman–Crippen MR) is 120 cm³/mol. The number of para-hydroxylation sites is 1. The van der Waals surface area contributed by atoms with Gasteiger partial charge in [0.25, 0.3) is 5.91 Å². The van der Waals surface area contributed by atoms with Crippen LogP contribution in [0.15, 0.2) is 53.5 Å². The molecule has 0 atom stereocenters. The van der Waals surface area contributed by atoms with E-state index in [0.717, 1.165) is 23.5 Å². The Hall–Kier alpha value is -3.55. The Morgan fingerprint density at radius 2 is 1.74 bits per heavy atom. The number of ether oxygens (including phenoxy) is 1. The second-order valence-electron chi connectivity index (χ2n) is 7.49.